The van der Waals surface area contributed by atoms with Gasteiger partial charge in [0.1, 0.15) is 0 Å². The third-order valence-electron chi connectivity index (χ3n) is 6.79. The molecular formula is C23H33N3O4. The number of hydrogen-bond acceptors (Lipinski definition) is 5. The van der Waals surface area contributed by atoms with Gasteiger partial charge in [-0.3, -0.25) is 14.4 Å². The Balaban J connectivity index is 1.53. The molecule has 1 heterocycles. The highest BCUT2D eigenvalue weighted by molar-refractivity contribution is 5.95. The summed E-state index contributed by atoms with van der Waals surface area (Å²) in [5, 5.41) is 6.39. The molecule has 1 aromatic rings. The van der Waals surface area contributed by atoms with E-state index in [4.69, 9.17) is 10.5 Å². The zero-order chi connectivity index (χ0) is 21.6. The molecule has 0 spiro atoms. The second-order valence-electron chi connectivity index (χ2n) is 8.58. The maximum atomic E-state index is 12.7. The van der Waals surface area contributed by atoms with Crippen LogP contribution in [0.25, 0.3) is 0 Å². The number of benzene rings is 1. The summed E-state index contributed by atoms with van der Waals surface area (Å²) in [5.41, 5.74) is 6.58. The fourth-order valence-corrected chi connectivity index (χ4v) is 4.76. The molecule has 1 aromatic carbocycles. The molecule has 1 saturated heterocycles. The van der Waals surface area contributed by atoms with Gasteiger partial charge in [-0.25, -0.2) is 0 Å². The van der Waals surface area contributed by atoms with Crippen LogP contribution in [0.5, 0.6) is 0 Å². The van der Waals surface area contributed by atoms with E-state index in [9.17, 15) is 14.4 Å². The Morgan fingerprint density at radius 2 is 1.73 bits per heavy atom. The van der Waals surface area contributed by atoms with Gasteiger partial charge in [0.2, 0.25) is 5.91 Å². The van der Waals surface area contributed by atoms with E-state index in [0.29, 0.717) is 30.7 Å². The van der Waals surface area contributed by atoms with E-state index in [2.05, 4.69) is 10.6 Å². The van der Waals surface area contributed by atoms with Crippen molar-refractivity contribution in [2.75, 3.05) is 20.2 Å². The lowest BCUT2D eigenvalue weighted by Crippen LogP contribution is -2.48. The lowest BCUT2D eigenvalue weighted by Gasteiger charge is -2.35. The molecular weight excluding hydrogens is 382 g/mol. The maximum absolute atomic E-state index is 12.7. The average Bonchev–Trinajstić information content (AvgIpc) is 2.78. The molecule has 3 rings (SSSR count). The summed E-state index contributed by atoms with van der Waals surface area (Å²) < 4.78 is 4.71. The summed E-state index contributed by atoms with van der Waals surface area (Å²) in [4.78, 5) is 36.1. The average molecular weight is 416 g/mol. The van der Waals surface area contributed by atoms with Crippen LogP contribution in [0.1, 0.15) is 67.3 Å². The lowest BCUT2D eigenvalue weighted by atomic mass is 9.72. The third kappa shape index (κ3) is 5.19. The molecule has 1 aliphatic heterocycles. The number of carbonyl (C=O) groups excluding carboxylic acids is 3. The quantitative estimate of drug-likeness (QED) is 0.590. The third-order valence-corrected chi connectivity index (χ3v) is 6.79. The summed E-state index contributed by atoms with van der Waals surface area (Å²) in [6.45, 7) is 1.51. The zero-order valence-corrected chi connectivity index (χ0v) is 17.7. The molecule has 30 heavy (non-hydrogen) atoms. The number of nitrogens with two attached hydrogens (primary N) is 1. The van der Waals surface area contributed by atoms with Crippen molar-refractivity contribution in [3.05, 3.63) is 35.4 Å². The summed E-state index contributed by atoms with van der Waals surface area (Å²) in [7, 11) is 1.42. The molecule has 1 saturated carbocycles. The highest BCUT2D eigenvalue weighted by atomic mass is 16.5. The number of primary amides is 1. The minimum absolute atomic E-state index is 0.0852. The number of methoxy groups -OCH3 is 1. The van der Waals surface area contributed by atoms with Crippen molar-refractivity contribution in [1.82, 2.24) is 10.6 Å². The van der Waals surface area contributed by atoms with E-state index in [1.807, 2.05) is 12.1 Å². The number of ether oxygens (including phenoxy) is 1. The number of hydrogen-bond donors (Lipinski definition) is 3. The molecule has 164 valence electrons. The second kappa shape index (κ2) is 10.1. The Bertz CT molecular complexity index is 748. The summed E-state index contributed by atoms with van der Waals surface area (Å²) in [6.07, 6.45) is 6.53. The highest BCUT2D eigenvalue weighted by Crippen LogP contribution is 2.33. The van der Waals surface area contributed by atoms with Crippen molar-refractivity contribution in [3.8, 4) is 0 Å². The number of esters is 1. The minimum Gasteiger partial charge on any atom is -0.469 e. The van der Waals surface area contributed by atoms with Crippen molar-refractivity contribution in [1.29, 1.82) is 0 Å². The van der Waals surface area contributed by atoms with E-state index < -0.39 is 5.41 Å². The van der Waals surface area contributed by atoms with Crippen LogP contribution in [0.3, 0.4) is 0 Å². The van der Waals surface area contributed by atoms with Crippen molar-refractivity contribution in [3.63, 3.8) is 0 Å². The monoisotopic (exact) mass is 415 g/mol. The van der Waals surface area contributed by atoms with Crippen LogP contribution in [0, 0.1) is 5.92 Å². The van der Waals surface area contributed by atoms with Crippen LogP contribution in [0.4, 0.5) is 0 Å². The molecule has 7 heteroatoms. The van der Waals surface area contributed by atoms with Crippen LogP contribution in [0.15, 0.2) is 24.3 Å². The number of carbonyl (C=O) groups is 3. The number of rotatable bonds is 7. The van der Waals surface area contributed by atoms with Crippen molar-refractivity contribution >= 4 is 17.8 Å². The fourth-order valence-electron chi connectivity index (χ4n) is 4.76. The Morgan fingerprint density at radius 1 is 1.10 bits per heavy atom. The van der Waals surface area contributed by atoms with Gasteiger partial charge < -0.3 is 21.1 Å². The van der Waals surface area contributed by atoms with Crippen LogP contribution in [-0.2, 0) is 19.7 Å². The van der Waals surface area contributed by atoms with Gasteiger partial charge in [-0.05, 0) is 81.6 Å². The van der Waals surface area contributed by atoms with E-state index in [1.165, 1.54) is 7.11 Å². The van der Waals surface area contributed by atoms with E-state index >= 15 is 0 Å². The molecule has 0 bridgehead atoms. The van der Waals surface area contributed by atoms with E-state index in [1.54, 1.807) is 12.1 Å². The summed E-state index contributed by atoms with van der Waals surface area (Å²) >= 11 is 0. The van der Waals surface area contributed by atoms with Gasteiger partial charge >= 0.3 is 5.97 Å². The molecule has 2 amide bonds. The van der Waals surface area contributed by atoms with Gasteiger partial charge in [0.15, 0.2) is 0 Å². The molecule has 2 aliphatic rings. The topological polar surface area (TPSA) is 111 Å². The molecule has 2 fully saturated rings. The molecule has 0 unspecified atom stereocenters. The zero-order valence-electron chi connectivity index (χ0n) is 17.7. The molecule has 4 N–H and O–H groups in total. The fraction of sp³-hybridized carbons (Fsp3) is 0.609. The Labute approximate surface area is 178 Å². The van der Waals surface area contributed by atoms with E-state index in [0.717, 1.165) is 50.8 Å². The van der Waals surface area contributed by atoms with Crippen LogP contribution in [0.2, 0.25) is 0 Å². The second-order valence-corrected chi connectivity index (χ2v) is 8.58. The number of amides is 2. The van der Waals surface area contributed by atoms with Gasteiger partial charge in [-0.1, -0.05) is 12.1 Å². The minimum atomic E-state index is -0.650. The van der Waals surface area contributed by atoms with Gasteiger partial charge in [0, 0.05) is 18.0 Å². The molecule has 0 atom stereocenters. The van der Waals surface area contributed by atoms with Crippen LogP contribution in [-0.4, -0.2) is 44.0 Å². The van der Waals surface area contributed by atoms with Crippen LogP contribution >= 0.6 is 0 Å². The van der Waals surface area contributed by atoms with Gasteiger partial charge in [0.25, 0.3) is 5.91 Å². The SMILES string of the molecule is COC(=O)CCC1CCC(NC(=O)c2ccc(C3(C(N)=O)CCNCC3)cc2)CC1. The lowest BCUT2D eigenvalue weighted by molar-refractivity contribution is -0.141. The van der Waals surface area contributed by atoms with Crippen molar-refractivity contribution in [2.45, 2.75) is 62.8 Å². The smallest absolute Gasteiger partial charge is 0.305 e. The van der Waals surface area contributed by atoms with Gasteiger partial charge in [0.05, 0.1) is 12.5 Å². The first-order valence-electron chi connectivity index (χ1n) is 10.9. The number of piperidine rings is 1. The first kappa shape index (κ1) is 22.3. The predicted octanol–water partition coefficient (Wildman–Crippen LogP) is 2.03. The molecule has 1 aliphatic carbocycles. The first-order chi connectivity index (χ1) is 14.4. The standard InChI is InChI=1S/C23H33N3O4/c1-30-20(27)11-4-16-2-9-19(10-3-16)26-21(28)17-5-7-18(8-6-17)23(22(24)29)12-14-25-15-13-23/h5-8,16,19,25H,2-4,9-15H2,1H3,(H2,24,29)(H,26,28). The normalized spacial score (nSPS) is 23.4. The van der Waals surface area contributed by atoms with Crippen molar-refractivity contribution in [2.24, 2.45) is 11.7 Å². The summed E-state index contributed by atoms with van der Waals surface area (Å²) in [6, 6.07) is 7.48. The van der Waals surface area contributed by atoms with E-state index in [-0.39, 0.29) is 23.8 Å². The van der Waals surface area contributed by atoms with Crippen LogP contribution < -0.4 is 16.4 Å². The van der Waals surface area contributed by atoms with Gasteiger partial charge in [-0.2, -0.15) is 0 Å². The predicted molar refractivity (Wildman–Crippen MR) is 114 cm³/mol. The highest BCUT2D eigenvalue weighted by Gasteiger charge is 2.39. The Morgan fingerprint density at radius 3 is 2.30 bits per heavy atom. The van der Waals surface area contributed by atoms with Crippen molar-refractivity contribution < 1.29 is 19.1 Å². The molecule has 0 radical (unpaired) electrons. The Hall–Kier alpha value is -2.41. The summed E-state index contributed by atoms with van der Waals surface area (Å²) in [5.74, 6) is -0.0221. The first-order valence-corrected chi connectivity index (χ1v) is 10.9. The molecule has 0 aromatic heterocycles. The largest absolute Gasteiger partial charge is 0.469 e. The maximum Gasteiger partial charge on any atom is 0.305 e. The van der Waals surface area contributed by atoms with Gasteiger partial charge in [-0.15, -0.1) is 0 Å². The Kier molecular flexibility index (Phi) is 7.48. The molecule has 7 nitrogen and oxygen atoms in total. The number of nitrogens with one attached hydrogen (secondary N) is 2.